The number of carbonyl (C=O) groups excluding carboxylic acids is 1. The van der Waals surface area contributed by atoms with Gasteiger partial charge in [-0.05, 0) is 40.9 Å². The summed E-state index contributed by atoms with van der Waals surface area (Å²) in [7, 11) is 0. The fourth-order valence-electron chi connectivity index (χ4n) is 3.42. The summed E-state index contributed by atoms with van der Waals surface area (Å²) in [5.41, 5.74) is 5.18. The Balaban J connectivity index is 2.27. The Morgan fingerprint density at radius 2 is 2.05 bits per heavy atom. The maximum Gasteiger partial charge on any atom is 0.189 e. The minimum Gasteiger partial charge on any atom is -0.289 e. The van der Waals surface area contributed by atoms with Crippen LogP contribution in [0.25, 0.3) is 0 Å². The monoisotopic (exact) mass is 252 g/mol. The van der Waals surface area contributed by atoms with Crippen LogP contribution in [0.2, 0.25) is 0 Å². The van der Waals surface area contributed by atoms with E-state index in [0.29, 0.717) is 11.5 Å². The predicted molar refractivity (Wildman–Crippen MR) is 78.7 cm³/mol. The van der Waals surface area contributed by atoms with Crippen molar-refractivity contribution >= 4 is 5.78 Å². The Morgan fingerprint density at radius 1 is 1.32 bits per heavy atom. The van der Waals surface area contributed by atoms with E-state index in [2.05, 4.69) is 51.7 Å². The molecule has 19 heavy (non-hydrogen) atoms. The van der Waals surface area contributed by atoms with Crippen LogP contribution in [0.4, 0.5) is 0 Å². The number of hydrogen-bond acceptors (Lipinski definition) is 1. The number of ketones is 1. The smallest absolute Gasteiger partial charge is 0.189 e. The van der Waals surface area contributed by atoms with Gasteiger partial charge < -0.3 is 0 Å². The van der Waals surface area contributed by atoms with Crippen LogP contribution < -0.4 is 0 Å². The van der Waals surface area contributed by atoms with Crippen LogP contribution in [0, 0.1) is 11.3 Å². The standard InChI is InChI=1S/C18H20O/c1-11-10-15-14-9-7-5-6-8-13(14)12(2)17(19)16(15)18(11,3)4/h5,7-9,11H,2,6,10H2,1,3-4H3. The number of allylic oxidation sites excluding steroid dienone is 9. The molecule has 0 aliphatic heterocycles. The summed E-state index contributed by atoms with van der Waals surface area (Å²) in [4.78, 5) is 12.7. The van der Waals surface area contributed by atoms with Gasteiger partial charge >= 0.3 is 0 Å². The Kier molecular flexibility index (Phi) is 2.57. The van der Waals surface area contributed by atoms with Crippen LogP contribution in [-0.4, -0.2) is 5.78 Å². The molecular formula is C18H20O. The minimum atomic E-state index is -0.0439. The molecule has 3 rings (SSSR count). The molecule has 0 aromatic carbocycles. The molecule has 1 unspecified atom stereocenters. The summed E-state index contributed by atoms with van der Waals surface area (Å²) in [6.07, 6.45) is 10.4. The zero-order chi connectivity index (χ0) is 13.8. The highest BCUT2D eigenvalue weighted by Gasteiger charge is 2.46. The van der Waals surface area contributed by atoms with Crippen LogP contribution in [-0.2, 0) is 4.79 Å². The quantitative estimate of drug-likeness (QED) is 0.587. The molecule has 0 spiro atoms. The van der Waals surface area contributed by atoms with E-state index in [1.807, 2.05) is 0 Å². The molecule has 0 aromatic rings. The molecular weight excluding hydrogens is 232 g/mol. The van der Waals surface area contributed by atoms with Gasteiger partial charge in [-0.3, -0.25) is 4.79 Å². The maximum absolute atomic E-state index is 12.7. The summed E-state index contributed by atoms with van der Waals surface area (Å²) in [6, 6.07) is 0. The average Bonchev–Trinajstić information content (AvgIpc) is 2.57. The van der Waals surface area contributed by atoms with Gasteiger partial charge in [0.15, 0.2) is 5.78 Å². The highest BCUT2D eigenvalue weighted by atomic mass is 16.1. The first-order chi connectivity index (χ1) is 8.94. The Bertz CT molecular complexity index is 606. The van der Waals surface area contributed by atoms with E-state index in [4.69, 9.17) is 0 Å². The summed E-state index contributed by atoms with van der Waals surface area (Å²) in [6.45, 7) is 10.7. The lowest BCUT2D eigenvalue weighted by Gasteiger charge is -2.30. The average molecular weight is 252 g/mol. The first kappa shape index (κ1) is 12.4. The molecule has 0 bridgehead atoms. The van der Waals surface area contributed by atoms with E-state index in [0.717, 1.165) is 24.0 Å². The Morgan fingerprint density at radius 3 is 2.79 bits per heavy atom. The third-order valence-electron chi connectivity index (χ3n) is 4.99. The van der Waals surface area contributed by atoms with Gasteiger partial charge in [0, 0.05) is 11.1 Å². The molecule has 0 saturated carbocycles. The van der Waals surface area contributed by atoms with Crippen LogP contribution in [0.15, 0.2) is 58.7 Å². The summed E-state index contributed by atoms with van der Waals surface area (Å²) in [5.74, 6) is 0.663. The van der Waals surface area contributed by atoms with E-state index >= 15 is 0 Å². The fraction of sp³-hybridized carbons (Fsp3) is 0.389. The minimum absolute atomic E-state index is 0.0439. The number of hydrogen-bond donors (Lipinski definition) is 0. The first-order valence-electron chi connectivity index (χ1n) is 7.00. The zero-order valence-corrected chi connectivity index (χ0v) is 11.9. The number of fused-ring (bicyclic) bond motifs is 2. The molecule has 0 amide bonds. The molecule has 0 heterocycles. The second-order valence-corrected chi connectivity index (χ2v) is 6.35. The Labute approximate surface area is 115 Å². The molecule has 3 aliphatic rings. The molecule has 1 atom stereocenters. The van der Waals surface area contributed by atoms with Crippen molar-refractivity contribution in [3.63, 3.8) is 0 Å². The molecule has 0 aromatic heterocycles. The molecule has 0 N–H and O–H groups in total. The highest BCUT2D eigenvalue weighted by Crippen LogP contribution is 2.54. The van der Waals surface area contributed by atoms with Gasteiger partial charge in [0.1, 0.15) is 0 Å². The van der Waals surface area contributed by atoms with Crippen molar-refractivity contribution < 1.29 is 4.79 Å². The van der Waals surface area contributed by atoms with Gasteiger partial charge in [0.25, 0.3) is 0 Å². The summed E-state index contributed by atoms with van der Waals surface area (Å²) in [5, 5.41) is 0. The van der Waals surface area contributed by atoms with Gasteiger partial charge in [0.2, 0.25) is 0 Å². The van der Waals surface area contributed by atoms with Gasteiger partial charge in [-0.15, -0.1) is 0 Å². The summed E-state index contributed by atoms with van der Waals surface area (Å²) < 4.78 is 0. The second-order valence-electron chi connectivity index (χ2n) is 6.35. The van der Waals surface area contributed by atoms with E-state index in [9.17, 15) is 4.79 Å². The first-order valence-corrected chi connectivity index (χ1v) is 7.00. The van der Waals surface area contributed by atoms with Gasteiger partial charge in [-0.25, -0.2) is 0 Å². The largest absolute Gasteiger partial charge is 0.289 e. The van der Waals surface area contributed by atoms with Gasteiger partial charge in [-0.2, -0.15) is 0 Å². The van der Waals surface area contributed by atoms with Crippen molar-refractivity contribution in [3.8, 4) is 0 Å². The van der Waals surface area contributed by atoms with E-state index < -0.39 is 0 Å². The van der Waals surface area contributed by atoms with Gasteiger partial charge in [0.05, 0.1) is 0 Å². The number of carbonyl (C=O) groups is 1. The molecule has 0 saturated heterocycles. The maximum atomic E-state index is 12.7. The van der Waals surface area contributed by atoms with Crippen LogP contribution in [0.3, 0.4) is 0 Å². The van der Waals surface area contributed by atoms with Crippen molar-refractivity contribution in [2.75, 3.05) is 0 Å². The van der Waals surface area contributed by atoms with Crippen LogP contribution >= 0.6 is 0 Å². The van der Waals surface area contributed by atoms with Crippen molar-refractivity contribution in [2.24, 2.45) is 11.3 Å². The molecule has 0 radical (unpaired) electrons. The number of Topliss-reactive ketones (excluding diaryl/α,β-unsaturated/α-hetero) is 1. The molecule has 3 aliphatic carbocycles. The third-order valence-corrected chi connectivity index (χ3v) is 4.99. The normalized spacial score (nSPS) is 28.7. The lowest BCUT2D eigenvalue weighted by molar-refractivity contribution is -0.113. The van der Waals surface area contributed by atoms with E-state index in [-0.39, 0.29) is 11.2 Å². The van der Waals surface area contributed by atoms with Crippen molar-refractivity contribution in [3.05, 3.63) is 58.7 Å². The van der Waals surface area contributed by atoms with Crippen molar-refractivity contribution in [1.29, 1.82) is 0 Å². The topological polar surface area (TPSA) is 17.1 Å². The molecule has 1 heteroatoms. The van der Waals surface area contributed by atoms with Crippen LogP contribution in [0.5, 0.6) is 0 Å². The SMILES string of the molecule is C=C1C(=O)C2=C(CC(C)C2(C)C)C2=CC=CCC=C12. The van der Waals surface area contributed by atoms with E-state index in [1.165, 1.54) is 11.1 Å². The summed E-state index contributed by atoms with van der Waals surface area (Å²) >= 11 is 0. The van der Waals surface area contributed by atoms with E-state index in [1.54, 1.807) is 0 Å². The van der Waals surface area contributed by atoms with Crippen LogP contribution in [0.1, 0.15) is 33.6 Å². The highest BCUT2D eigenvalue weighted by molar-refractivity contribution is 6.16. The zero-order valence-electron chi connectivity index (χ0n) is 11.9. The molecule has 0 fully saturated rings. The van der Waals surface area contributed by atoms with Crippen molar-refractivity contribution in [1.82, 2.24) is 0 Å². The molecule has 98 valence electrons. The number of rotatable bonds is 0. The Hall–Kier alpha value is -1.63. The van der Waals surface area contributed by atoms with Gasteiger partial charge in [-0.1, -0.05) is 51.7 Å². The lowest BCUT2D eigenvalue weighted by atomic mass is 9.72. The lowest BCUT2D eigenvalue weighted by Crippen LogP contribution is -2.26. The molecule has 1 nitrogen and oxygen atoms in total. The second kappa shape index (κ2) is 3.93. The van der Waals surface area contributed by atoms with Crippen molar-refractivity contribution in [2.45, 2.75) is 33.6 Å². The fourth-order valence-corrected chi connectivity index (χ4v) is 3.42. The predicted octanol–water partition coefficient (Wildman–Crippen LogP) is 4.30. The third kappa shape index (κ3) is 1.57.